The highest BCUT2D eigenvalue weighted by molar-refractivity contribution is 5.80. The van der Waals surface area contributed by atoms with Crippen LogP contribution in [0.25, 0.3) is 11.0 Å². The Kier molecular flexibility index (Phi) is 6.17. The molecule has 0 radical (unpaired) electrons. The smallest absolute Gasteiger partial charge is 0.225 e. The summed E-state index contributed by atoms with van der Waals surface area (Å²) in [4.78, 5) is 36.0. The standard InChI is InChI=1S/C25H31N7O/c1-17(2)29-24(33)20-16-31(14-18-5-6-22-23(13-18)27-10-9-26-22)15-19(20)21-7-8-28-25(30-21)32-11-3-4-12-32/h5-10,13,17,19-20H,3-4,11-12,14-16H2,1-2H3,(H,29,33)/t19-,20-/m0/s1. The number of hydrogen-bond acceptors (Lipinski definition) is 7. The Bertz CT molecular complexity index is 1130. The SMILES string of the molecule is CC(C)NC(=O)[C@H]1CN(Cc2ccc3nccnc3c2)C[C@@H]1c1ccnc(N2CCCC2)n1. The van der Waals surface area contributed by atoms with Crippen molar-refractivity contribution in [3.63, 3.8) is 0 Å². The predicted octanol–water partition coefficient (Wildman–Crippen LogP) is 2.76. The van der Waals surface area contributed by atoms with E-state index in [2.05, 4.69) is 42.2 Å². The van der Waals surface area contributed by atoms with E-state index in [1.807, 2.05) is 32.2 Å². The summed E-state index contributed by atoms with van der Waals surface area (Å²) in [5.74, 6) is 0.783. The lowest BCUT2D eigenvalue weighted by molar-refractivity contribution is -0.125. The fourth-order valence-electron chi connectivity index (χ4n) is 4.97. The molecular formula is C25H31N7O. The number of aromatic nitrogens is 4. The summed E-state index contributed by atoms with van der Waals surface area (Å²) in [6, 6.07) is 8.30. The third-order valence-electron chi connectivity index (χ3n) is 6.54. The molecule has 1 N–H and O–H groups in total. The largest absolute Gasteiger partial charge is 0.354 e. The van der Waals surface area contributed by atoms with Gasteiger partial charge in [0.05, 0.1) is 22.6 Å². The Morgan fingerprint density at radius 1 is 1.03 bits per heavy atom. The fraction of sp³-hybridized carbons (Fsp3) is 0.480. The third kappa shape index (κ3) is 4.80. The maximum atomic E-state index is 13.1. The van der Waals surface area contributed by atoms with Crippen molar-refractivity contribution in [3.8, 4) is 0 Å². The van der Waals surface area contributed by atoms with Crippen LogP contribution in [0.1, 0.15) is 43.9 Å². The van der Waals surface area contributed by atoms with Gasteiger partial charge in [0.25, 0.3) is 0 Å². The van der Waals surface area contributed by atoms with Gasteiger partial charge in [0.1, 0.15) is 0 Å². The second-order valence-corrected chi connectivity index (χ2v) is 9.43. The van der Waals surface area contributed by atoms with Crippen LogP contribution in [0, 0.1) is 5.92 Å². The Balaban J connectivity index is 1.39. The molecule has 0 unspecified atom stereocenters. The number of likely N-dealkylation sites (tertiary alicyclic amines) is 1. The first kappa shape index (κ1) is 21.7. The molecule has 1 amide bonds. The number of carbonyl (C=O) groups excluding carboxylic acids is 1. The highest BCUT2D eigenvalue weighted by Gasteiger charge is 2.39. The van der Waals surface area contributed by atoms with Crippen molar-refractivity contribution in [3.05, 3.63) is 54.1 Å². The van der Waals surface area contributed by atoms with E-state index in [0.29, 0.717) is 6.54 Å². The molecule has 2 saturated heterocycles. The fourth-order valence-corrected chi connectivity index (χ4v) is 4.97. The van der Waals surface area contributed by atoms with Crippen LogP contribution in [0.2, 0.25) is 0 Å². The van der Waals surface area contributed by atoms with E-state index in [0.717, 1.165) is 48.9 Å². The van der Waals surface area contributed by atoms with E-state index in [1.165, 1.54) is 18.4 Å². The topological polar surface area (TPSA) is 87.1 Å². The number of amides is 1. The Labute approximate surface area is 194 Å². The molecule has 1 aromatic carbocycles. The molecular weight excluding hydrogens is 414 g/mol. The van der Waals surface area contributed by atoms with Crippen molar-refractivity contribution in [2.24, 2.45) is 5.92 Å². The van der Waals surface area contributed by atoms with Gasteiger partial charge >= 0.3 is 0 Å². The molecule has 33 heavy (non-hydrogen) atoms. The maximum absolute atomic E-state index is 13.1. The van der Waals surface area contributed by atoms with Gasteiger partial charge in [-0.15, -0.1) is 0 Å². The Morgan fingerprint density at radius 3 is 2.61 bits per heavy atom. The third-order valence-corrected chi connectivity index (χ3v) is 6.54. The lowest BCUT2D eigenvalue weighted by atomic mass is 9.91. The zero-order valence-corrected chi connectivity index (χ0v) is 19.3. The number of fused-ring (bicyclic) bond motifs is 1. The van der Waals surface area contributed by atoms with Crippen LogP contribution in [0.5, 0.6) is 0 Å². The maximum Gasteiger partial charge on any atom is 0.225 e. The number of carbonyl (C=O) groups is 1. The number of nitrogens with zero attached hydrogens (tertiary/aromatic N) is 6. The molecule has 2 aromatic heterocycles. The van der Waals surface area contributed by atoms with Crippen molar-refractivity contribution in [2.45, 2.75) is 45.2 Å². The zero-order chi connectivity index (χ0) is 22.8. The highest BCUT2D eigenvalue weighted by atomic mass is 16.2. The minimum absolute atomic E-state index is 0.0355. The van der Waals surface area contributed by atoms with Gasteiger partial charge < -0.3 is 10.2 Å². The molecule has 2 atom stereocenters. The zero-order valence-electron chi connectivity index (χ0n) is 19.3. The molecule has 2 aliphatic heterocycles. The Morgan fingerprint density at radius 2 is 1.82 bits per heavy atom. The van der Waals surface area contributed by atoms with Crippen LogP contribution in [0.15, 0.2) is 42.9 Å². The minimum atomic E-state index is -0.144. The minimum Gasteiger partial charge on any atom is -0.354 e. The first-order valence-corrected chi connectivity index (χ1v) is 11.9. The molecule has 3 aromatic rings. The van der Waals surface area contributed by atoms with Crippen molar-refractivity contribution < 1.29 is 4.79 Å². The highest BCUT2D eigenvalue weighted by Crippen LogP contribution is 2.34. The average molecular weight is 446 g/mol. The Hall–Kier alpha value is -3.13. The molecule has 8 heteroatoms. The van der Waals surface area contributed by atoms with Gasteiger partial charge in [-0.1, -0.05) is 6.07 Å². The van der Waals surface area contributed by atoms with Crippen molar-refractivity contribution in [2.75, 3.05) is 31.1 Å². The van der Waals surface area contributed by atoms with E-state index < -0.39 is 0 Å². The van der Waals surface area contributed by atoms with Crippen LogP contribution in [-0.2, 0) is 11.3 Å². The van der Waals surface area contributed by atoms with Gasteiger partial charge in [-0.05, 0) is 50.5 Å². The molecule has 5 rings (SSSR count). The normalized spacial score (nSPS) is 21.2. The van der Waals surface area contributed by atoms with E-state index in [9.17, 15) is 4.79 Å². The van der Waals surface area contributed by atoms with Crippen molar-refractivity contribution in [1.29, 1.82) is 0 Å². The van der Waals surface area contributed by atoms with Crippen LogP contribution in [-0.4, -0.2) is 63.0 Å². The number of rotatable bonds is 6. The van der Waals surface area contributed by atoms with E-state index in [1.54, 1.807) is 12.4 Å². The monoisotopic (exact) mass is 445 g/mol. The summed E-state index contributed by atoms with van der Waals surface area (Å²) in [7, 11) is 0. The van der Waals surface area contributed by atoms with Crippen molar-refractivity contribution in [1.82, 2.24) is 30.2 Å². The van der Waals surface area contributed by atoms with Crippen LogP contribution in [0.4, 0.5) is 5.95 Å². The summed E-state index contributed by atoms with van der Waals surface area (Å²) in [6.45, 7) is 8.26. The number of nitrogens with one attached hydrogen (secondary N) is 1. The second-order valence-electron chi connectivity index (χ2n) is 9.43. The number of hydrogen-bond donors (Lipinski definition) is 1. The van der Waals surface area contributed by atoms with Crippen LogP contribution in [0.3, 0.4) is 0 Å². The molecule has 0 aliphatic carbocycles. The van der Waals surface area contributed by atoms with Gasteiger partial charge in [0.2, 0.25) is 11.9 Å². The lowest BCUT2D eigenvalue weighted by Crippen LogP contribution is -2.38. The van der Waals surface area contributed by atoms with E-state index >= 15 is 0 Å². The number of anilines is 1. The van der Waals surface area contributed by atoms with Crippen LogP contribution < -0.4 is 10.2 Å². The summed E-state index contributed by atoms with van der Waals surface area (Å²) in [6.07, 6.45) is 7.64. The molecule has 172 valence electrons. The van der Waals surface area contributed by atoms with Crippen molar-refractivity contribution >= 4 is 22.9 Å². The average Bonchev–Trinajstić information content (AvgIpc) is 3.49. The molecule has 0 bridgehead atoms. The van der Waals surface area contributed by atoms with Crippen LogP contribution >= 0.6 is 0 Å². The quantitative estimate of drug-likeness (QED) is 0.624. The summed E-state index contributed by atoms with van der Waals surface area (Å²) < 4.78 is 0. The molecule has 0 saturated carbocycles. The predicted molar refractivity (Wildman–Crippen MR) is 128 cm³/mol. The van der Waals surface area contributed by atoms with Gasteiger partial charge in [0, 0.05) is 63.3 Å². The van der Waals surface area contributed by atoms with Gasteiger partial charge in [-0.2, -0.15) is 0 Å². The van der Waals surface area contributed by atoms with Gasteiger partial charge in [-0.25, -0.2) is 9.97 Å². The second kappa shape index (κ2) is 9.39. The summed E-state index contributed by atoms with van der Waals surface area (Å²) in [5, 5.41) is 3.13. The molecule has 8 nitrogen and oxygen atoms in total. The summed E-state index contributed by atoms with van der Waals surface area (Å²) >= 11 is 0. The molecule has 4 heterocycles. The van der Waals surface area contributed by atoms with E-state index in [-0.39, 0.29) is 23.8 Å². The molecule has 2 fully saturated rings. The summed E-state index contributed by atoms with van der Waals surface area (Å²) in [5.41, 5.74) is 3.92. The first-order valence-electron chi connectivity index (χ1n) is 11.9. The van der Waals surface area contributed by atoms with Gasteiger partial charge in [0.15, 0.2) is 0 Å². The number of benzene rings is 1. The van der Waals surface area contributed by atoms with Gasteiger partial charge in [-0.3, -0.25) is 19.7 Å². The molecule has 0 spiro atoms. The van der Waals surface area contributed by atoms with E-state index in [4.69, 9.17) is 4.98 Å². The lowest BCUT2D eigenvalue weighted by Gasteiger charge is -2.21. The first-order chi connectivity index (χ1) is 16.1. The molecule has 2 aliphatic rings.